The number of aromatic nitrogens is 4. The van der Waals surface area contributed by atoms with E-state index in [1.54, 1.807) is 11.8 Å². The summed E-state index contributed by atoms with van der Waals surface area (Å²) in [6.07, 6.45) is 0.803. The Morgan fingerprint density at radius 1 is 1.22 bits per heavy atom. The van der Waals surface area contributed by atoms with E-state index in [0.29, 0.717) is 37.6 Å². The second-order valence-corrected chi connectivity index (χ2v) is 8.05. The molecule has 1 aromatic carbocycles. The quantitative estimate of drug-likeness (QED) is 0.567. The third-order valence-electron chi connectivity index (χ3n) is 5.78. The highest BCUT2D eigenvalue weighted by atomic mass is 16.5. The molecule has 0 saturated carbocycles. The summed E-state index contributed by atoms with van der Waals surface area (Å²) in [5.41, 5.74) is 2.21. The number of methoxy groups -OCH3 is 1. The topological polar surface area (TPSA) is 102 Å². The molecule has 1 saturated heterocycles. The van der Waals surface area contributed by atoms with Crippen molar-refractivity contribution >= 4 is 22.7 Å². The first-order chi connectivity index (χ1) is 15.5. The summed E-state index contributed by atoms with van der Waals surface area (Å²) in [4.78, 5) is 36.6. The molecule has 1 aliphatic rings. The van der Waals surface area contributed by atoms with Gasteiger partial charge in [0.05, 0.1) is 17.7 Å². The van der Waals surface area contributed by atoms with Crippen molar-refractivity contribution in [1.82, 2.24) is 30.0 Å². The number of benzene rings is 1. The number of aryl methyl sites for hydroxylation is 2. The molecule has 0 bridgehead atoms. The maximum absolute atomic E-state index is 12.8. The van der Waals surface area contributed by atoms with Gasteiger partial charge in [-0.3, -0.25) is 14.6 Å². The third-order valence-corrected chi connectivity index (χ3v) is 5.78. The van der Waals surface area contributed by atoms with Gasteiger partial charge in [-0.1, -0.05) is 18.2 Å². The molecule has 2 amide bonds. The van der Waals surface area contributed by atoms with Crippen LogP contribution >= 0.6 is 0 Å². The monoisotopic (exact) mass is 436 g/mol. The van der Waals surface area contributed by atoms with Crippen LogP contribution in [0.4, 0.5) is 0 Å². The van der Waals surface area contributed by atoms with Gasteiger partial charge >= 0.3 is 0 Å². The zero-order chi connectivity index (χ0) is 22.7. The highest BCUT2D eigenvalue weighted by Gasteiger charge is 2.29. The van der Waals surface area contributed by atoms with Crippen LogP contribution in [-0.4, -0.2) is 69.8 Å². The van der Waals surface area contributed by atoms with Crippen molar-refractivity contribution in [2.45, 2.75) is 32.7 Å². The Balaban J connectivity index is 1.52. The molecule has 9 heteroatoms. The number of rotatable bonds is 7. The number of carbonyl (C=O) groups excluding carboxylic acids is 2. The summed E-state index contributed by atoms with van der Waals surface area (Å²) in [6.45, 7) is 5.95. The van der Waals surface area contributed by atoms with Gasteiger partial charge < -0.3 is 15.0 Å². The molecule has 9 nitrogen and oxygen atoms in total. The number of ether oxygens (including phenoxy) is 1. The molecule has 1 aliphatic heterocycles. The highest BCUT2D eigenvalue weighted by Crippen LogP contribution is 2.29. The molecule has 2 aromatic heterocycles. The number of fused-ring (bicyclic) bond motifs is 1. The lowest BCUT2D eigenvalue weighted by atomic mass is 9.99. The van der Waals surface area contributed by atoms with Crippen molar-refractivity contribution < 1.29 is 14.3 Å². The van der Waals surface area contributed by atoms with E-state index in [1.165, 1.54) is 0 Å². The number of hydrogen-bond acceptors (Lipinski definition) is 6. The number of para-hydroxylation sites is 1. The molecule has 0 aliphatic carbocycles. The molecule has 1 N–H and O–H groups in total. The average Bonchev–Trinajstić information content (AvgIpc) is 3.39. The predicted octanol–water partition coefficient (Wildman–Crippen LogP) is 1.84. The average molecular weight is 437 g/mol. The number of nitrogens with one attached hydrogen (secondary N) is 1. The normalized spacial score (nSPS) is 16.0. The number of hydrogen-bond donors (Lipinski definition) is 1. The first-order valence-electron chi connectivity index (χ1n) is 10.8. The molecule has 4 rings (SSSR count). The van der Waals surface area contributed by atoms with E-state index in [0.717, 1.165) is 28.8 Å². The van der Waals surface area contributed by atoms with Gasteiger partial charge in [0.15, 0.2) is 0 Å². The Kier molecular flexibility index (Phi) is 6.45. The van der Waals surface area contributed by atoms with Gasteiger partial charge in [0.25, 0.3) is 5.91 Å². The highest BCUT2D eigenvalue weighted by molar-refractivity contribution is 6.06. The van der Waals surface area contributed by atoms with Gasteiger partial charge in [0.1, 0.15) is 18.2 Å². The molecule has 3 heterocycles. The van der Waals surface area contributed by atoms with Crippen molar-refractivity contribution in [2.75, 3.05) is 33.4 Å². The molecule has 0 spiro atoms. The Labute approximate surface area is 186 Å². The van der Waals surface area contributed by atoms with E-state index in [4.69, 9.17) is 9.72 Å². The maximum Gasteiger partial charge on any atom is 0.252 e. The second kappa shape index (κ2) is 9.44. The van der Waals surface area contributed by atoms with E-state index in [9.17, 15) is 9.59 Å². The fourth-order valence-corrected chi connectivity index (χ4v) is 4.12. The largest absolute Gasteiger partial charge is 0.383 e. The third kappa shape index (κ3) is 4.62. The zero-order valence-corrected chi connectivity index (χ0v) is 18.7. The number of pyridine rings is 1. The maximum atomic E-state index is 12.8. The molecule has 1 atom stereocenters. The fraction of sp³-hybridized carbons (Fsp3) is 0.435. The molecular weight excluding hydrogens is 408 g/mol. The van der Waals surface area contributed by atoms with Crippen LogP contribution in [-0.2, 0) is 16.1 Å². The van der Waals surface area contributed by atoms with Gasteiger partial charge in [0.2, 0.25) is 5.91 Å². The van der Waals surface area contributed by atoms with E-state index >= 15 is 0 Å². The predicted molar refractivity (Wildman–Crippen MR) is 119 cm³/mol. The number of likely N-dealkylation sites (tertiary alicyclic amines) is 1. The summed E-state index contributed by atoms with van der Waals surface area (Å²) < 4.78 is 6.67. The Morgan fingerprint density at radius 2 is 2.03 bits per heavy atom. The van der Waals surface area contributed by atoms with Crippen LogP contribution < -0.4 is 5.32 Å². The van der Waals surface area contributed by atoms with Gasteiger partial charge in [-0.2, -0.15) is 5.10 Å². The molecule has 0 radical (unpaired) electrons. The summed E-state index contributed by atoms with van der Waals surface area (Å²) >= 11 is 0. The minimum atomic E-state index is -0.148. The minimum Gasteiger partial charge on any atom is -0.383 e. The zero-order valence-electron chi connectivity index (χ0n) is 18.7. The van der Waals surface area contributed by atoms with Crippen LogP contribution in [0.25, 0.3) is 10.9 Å². The molecule has 32 heavy (non-hydrogen) atoms. The van der Waals surface area contributed by atoms with Crippen LogP contribution in [0.15, 0.2) is 30.3 Å². The van der Waals surface area contributed by atoms with E-state index < -0.39 is 0 Å². The first-order valence-corrected chi connectivity index (χ1v) is 10.8. The Hall–Kier alpha value is -3.33. The second-order valence-electron chi connectivity index (χ2n) is 8.05. The van der Waals surface area contributed by atoms with E-state index in [-0.39, 0.29) is 24.3 Å². The van der Waals surface area contributed by atoms with Crippen LogP contribution in [0.5, 0.6) is 0 Å². The van der Waals surface area contributed by atoms with E-state index in [1.807, 2.05) is 49.1 Å². The summed E-state index contributed by atoms with van der Waals surface area (Å²) in [5.74, 6) is 1.33. The number of nitrogens with zero attached hydrogens (tertiary/aromatic N) is 5. The first kappa shape index (κ1) is 21.9. The van der Waals surface area contributed by atoms with Crippen LogP contribution in [0, 0.1) is 13.8 Å². The smallest absolute Gasteiger partial charge is 0.252 e. The lowest BCUT2D eigenvalue weighted by molar-refractivity contribution is -0.131. The van der Waals surface area contributed by atoms with Crippen molar-refractivity contribution in [2.24, 2.45) is 0 Å². The molecule has 168 valence electrons. The van der Waals surface area contributed by atoms with Crippen LogP contribution in [0.1, 0.15) is 40.0 Å². The SMILES string of the molecule is COCCNC(=O)c1cc(C2CCN(C(=O)Cn3nc(C)nc3C)C2)nc2ccccc12. The molecule has 1 fully saturated rings. The van der Waals surface area contributed by atoms with Crippen molar-refractivity contribution in [3.05, 3.63) is 53.2 Å². The molecule has 3 aromatic rings. The molecule has 1 unspecified atom stereocenters. The van der Waals surface area contributed by atoms with Crippen molar-refractivity contribution in [3.63, 3.8) is 0 Å². The van der Waals surface area contributed by atoms with Crippen LogP contribution in [0.3, 0.4) is 0 Å². The summed E-state index contributed by atoms with van der Waals surface area (Å²) in [6, 6.07) is 9.51. The van der Waals surface area contributed by atoms with Gasteiger partial charge in [0, 0.05) is 43.7 Å². The Morgan fingerprint density at radius 3 is 2.78 bits per heavy atom. The summed E-state index contributed by atoms with van der Waals surface area (Å²) in [7, 11) is 1.60. The minimum absolute atomic E-state index is 0.0128. The van der Waals surface area contributed by atoms with Gasteiger partial charge in [-0.05, 0) is 32.4 Å². The molecular formula is C23H28N6O3. The van der Waals surface area contributed by atoms with Crippen molar-refractivity contribution in [1.29, 1.82) is 0 Å². The summed E-state index contributed by atoms with van der Waals surface area (Å²) in [5, 5.41) is 8.00. The number of amides is 2. The lowest BCUT2D eigenvalue weighted by Crippen LogP contribution is -2.32. The van der Waals surface area contributed by atoms with E-state index in [2.05, 4.69) is 15.4 Å². The van der Waals surface area contributed by atoms with Crippen molar-refractivity contribution in [3.8, 4) is 0 Å². The van der Waals surface area contributed by atoms with Gasteiger partial charge in [-0.25, -0.2) is 9.67 Å². The fourth-order valence-electron chi connectivity index (χ4n) is 4.12. The number of carbonyl (C=O) groups is 2. The Bertz CT molecular complexity index is 1140. The van der Waals surface area contributed by atoms with Crippen LogP contribution in [0.2, 0.25) is 0 Å². The standard InChI is InChI=1S/C23H28N6O3/c1-15-25-16(2)29(27-15)14-22(30)28-10-8-17(13-28)21-12-19(23(31)24-9-11-32-3)18-6-4-5-7-20(18)26-21/h4-7,12,17H,8-11,13-14H2,1-3H3,(H,24,31). The lowest BCUT2D eigenvalue weighted by Gasteiger charge is -2.17. The van der Waals surface area contributed by atoms with Gasteiger partial charge in [-0.15, -0.1) is 0 Å².